The zero-order chi connectivity index (χ0) is 12.1. The molecule has 2 atom stereocenters. The molecule has 0 fully saturated rings. The van der Waals surface area contributed by atoms with Gasteiger partial charge in [0.25, 0.3) is 0 Å². The molecule has 4 heteroatoms. The number of rotatable bonds is 5. The van der Waals surface area contributed by atoms with Gasteiger partial charge in [-0.15, -0.1) is 0 Å². The number of hydrogen-bond donors (Lipinski definition) is 1. The molecule has 90 valence electrons. The SMILES string of the molecule is COc1cc(F)cc(NC(C)C(C)OC)c1. The minimum absolute atomic E-state index is 0.0502. The van der Waals surface area contributed by atoms with Gasteiger partial charge in [-0.25, -0.2) is 4.39 Å². The smallest absolute Gasteiger partial charge is 0.128 e. The third kappa shape index (κ3) is 3.38. The van der Waals surface area contributed by atoms with E-state index in [9.17, 15) is 4.39 Å². The predicted octanol–water partition coefficient (Wildman–Crippen LogP) is 2.67. The molecule has 0 bridgehead atoms. The van der Waals surface area contributed by atoms with E-state index in [-0.39, 0.29) is 18.0 Å². The number of ether oxygens (including phenoxy) is 2. The lowest BCUT2D eigenvalue weighted by Gasteiger charge is -2.21. The Kier molecular flexibility index (Phi) is 4.55. The van der Waals surface area contributed by atoms with Crippen molar-refractivity contribution in [2.45, 2.75) is 26.0 Å². The fraction of sp³-hybridized carbons (Fsp3) is 0.500. The standard InChI is InChI=1S/C12H18FNO2/c1-8(9(2)15-3)14-11-5-10(13)6-12(7-11)16-4/h5-9,14H,1-4H3. The molecular weight excluding hydrogens is 209 g/mol. The molecule has 0 aliphatic heterocycles. The van der Waals surface area contributed by atoms with E-state index in [0.29, 0.717) is 11.4 Å². The highest BCUT2D eigenvalue weighted by atomic mass is 19.1. The zero-order valence-electron chi connectivity index (χ0n) is 10.1. The number of nitrogens with one attached hydrogen (secondary N) is 1. The molecule has 0 aromatic heterocycles. The van der Waals surface area contributed by atoms with E-state index < -0.39 is 0 Å². The number of hydrogen-bond acceptors (Lipinski definition) is 3. The van der Waals surface area contributed by atoms with Gasteiger partial charge in [0, 0.05) is 31.0 Å². The molecule has 1 aromatic rings. The molecule has 0 radical (unpaired) electrons. The average Bonchev–Trinajstić information content (AvgIpc) is 2.26. The van der Waals surface area contributed by atoms with Crippen LogP contribution in [0.25, 0.3) is 0 Å². The van der Waals surface area contributed by atoms with E-state index in [1.807, 2.05) is 13.8 Å². The first-order chi connectivity index (χ1) is 7.56. The lowest BCUT2D eigenvalue weighted by molar-refractivity contribution is 0.106. The highest BCUT2D eigenvalue weighted by molar-refractivity contribution is 5.49. The van der Waals surface area contributed by atoms with Crippen LogP contribution in [0.4, 0.5) is 10.1 Å². The van der Waals surface area contributed by atoms with Gasteiger partial charge in [-0.05, 0) is 19.9 Å². The summed E-state index contributed by atoms with van der Waals surface area (Å²) >= 11 is 0. The van der Waals surface area contributed by atoms with E-state index in [2.05, 4.69) is 5.32 Å². The van der Waals surface area contributed by atoms with Crippen LogP contribution in [-0.2, 0) is 4.74 Å². The second-order valence-electron chi connectivity index (χ2n) is 3.75. The van der Waals surface area contributed by atoms with E-state index in [0.717, 1.165) is 0 Å². The van der Waals surface area contributed by atoms with E-state index in [1.165, 1.54) is 19.2 Å². The topological polar surface area (TPSA) is 30.5 Å². The predicted molar refractivity (Wildman–Crippen MR) is 62.5 cm³/mol. The van der Waals surface area contributed by atoms with Crippen molar-refractivity contribution in [2.75, 3.05) is 19.5 Å². The minimum Gasteiger partial charge on any atom is -0.497 e. The lowest BCUT2D eigenvalue weighted by Crippen LogP contribution is -2.29. The van der Waals surface area contributed by atoms with E-state index in [4.69, 9.17) is 9.47 Å². The summed E-state index contributed by atoms with van der Waals surface area (Å²) in [5.74, 6) is 0.180. The maximum absolute atomic E-state index is 13.2. The van der Waals surface area contributed by atoms with Gasteiger partial charge in [-0.1, -0.05) is 0 Å². The third-order valence-electron chi connectivity index (χ3n) is 2.58. The number of benzene rings is 1. The van der Waals surface area contributed by atoms with Crippen LogP contribution in [0.5, 0.6) is 5.75 Å². The first-order valence-electron chi connectivity index (χ1n) is 5.20. The van der Waals surface area contributed by atoms with Crippen LogP contribution >= 0.6 is 0 Å². The van der Waals surface area contributed by atoms with Crippen molar-refractivity contribution in [1.82, 2.24) is 0 Å². The first kappa shape index (κ1) is 12.8. The molecule has 0 saturated carbocycles. The highest BCUT2D eigenvalue weighted by Gasteiger charge is 2.11. The lowest BCUT2D eigenvalue weighted by atomic mass is 10.2. The van der Waals surface area contributed by atoms with Gasteiger partial charge in [0.2, 0.25) is 0 Å². The Morgan fingerprint density at radius 3 is 2.44 bits per heavy atom. The normalized spacial score (nSPS) is 14.3. The third-order valence-corrected chi connectivity index (χ3v) is 2.58. The van der Waals surface area contributed by atoms with Crippen molar-refractivity contribution in [3.8, 4) is 5.75 Å². The van der Waals surface area contributed by atoms with Crippen molar-refractivity contribution in [2.24, 2.45) is 0 Å². The summed E-state index contributed by atoms with van der Waals surface area (Å²) in [5.41, 5.74) is 0.688. The average molecular weight is 227 g/mol. The van der Waals surface area contributed by atoms with Crippen LogP contribution in [0.2, 0.25) is 0 Å². The summed E-state index contributed by atoms with van der Waals surface area (Å²) in [6.45, 7) is 3.93. The number of halogens is 1. The molecule has 0 aliphatic carbocycles. The Balaban J connectivity index is 2.76. The fourth-order valence-corrected chi connectivity index (χ4v) is 1.35. The quantitative estimate of drug-likeness (QED) is 0.838. The molecule has 0 saturated heterocycles. The van der Waals surface area contributed by atoms with Crippen LogP contribution in [0.1, 0.15) is 13.8 Å². The van der Waals surface area contributed by atoms with Crippen LogP contribution in [-0.4, -0.2) is 26.4 Å². The van der Waals surface area contributed by atoms with Crippen molar-refractivity contribution < 1.29 is 13.9 Å². The van der Waals surface area contributed by atoms with Crippen LogP contribution < -0.4 is 10.1 Å². The van der Waals surface area contributed by atoms with Gasteiger partial charge >= 0.3 is 0 Å². The zero-order valence-corrected chi connectivity index (χ0v) is 10.1. The Bertz CT molecular complexity index is 344. The van der Waals surface area contributed by atoms with Gasteiger partial charge < -0.3 is 14.8 Å². The summed E-state index contributed by atoms with van der Waals surface area (Å²) < 4.78 is 23.4. The maximum Gasteiger partial charge on any atom is 0.128 e. The van der Waals surface area contributed by atoms with E-state index >= 15 is 0 Å². The van der Waals surface area contributed by atoms with Gasteiger partial charge in [0.1, 0.15) is 11.6 Å². The Morgan fingerprint density at radius 1 is 1.19 bits per heavy atom. The summed E-state index contributed by atoms with van der Waals surface area (Å²) in [4.78, 5) is 0. The Labute approximate surface area is 95.6 Å². The molecule has 16 heavy (non-hydrogen) atoms. The molecule has 2 unspecified atom stereocenters. The molecule has 0 heterocycles. The summed E-state index contributed by atoms with van der Waals surface area (Å²) in [5, 5.41) is 3.16. The monoisotopic (exact) mass is 227 g/mol. The number of methoxy groups -OCH3 is 2. The summed E-state index contributed by atoms with van der Waals surface area (Å²) in [6.07, 6.45) is 0.0502. The van der Waals surface area contributed by atoms with Crippen LogP contribution in [0.15, 0.2) is 18.2 Å². The van der Waals surface area contributed by atoms with Gasteiger partial charge in [-0.2, -0.15) is 0 Å². The molecule has 3 nitrogen and oxygen atoms in total. The van der Waals surface area contributed by atoms with Gasteiger partial charge in [0.05, 0.1) is 13.2 Å². The molecule has 1 aromatic carbocycles. The van der Waals surface area contributed by atoms with Crippen molar-refractivity contribution in [3.63, 3.8) is 0 Å². The Hall–Kier alpha value is -1.29. The molecular formula is C12H18FNO2. The van der Waals surface area contributed by atoms with Crippen LogP contribution in [0.3, 0.4) is 0 Å². The number of anilines is 1. The first-order valence-corrected chi connectivity index (χ1v) is 5.20. The summed E-state index contributed by atoms with van der Waals surface area (Å²) in [6, 6.07) is 4.62. The van der Waals surface area contributed by atoms with Gasteiger partial charge in [0.15, 0.2) is 0 Å². The minimum atomic E-state index is -0.320. The fourth-order valence-electron chi connectivity index (χ4n) is 1.35. The molecule has 0 amide bonds. The van der Waals surface area contributed by atoms with Gasteiger partial charge in [-0.3, -0.25) is 0 Å². The second-order valence-corrected chi connectivity index (χ2v) is 3.75. The molecule has 0 spiro atoms. The molecule has 1 rings (SSSR count). The molecule has 1 N–H and O–H groups in total. The largest absolute Gasteiger partial charge is 0.497 e. The van der Waals surface area contributed by atoms with E-state index in [1.54, 1.807) is 13.2 Å². The maximum atomic E-state index is 13.2. The summed E-state index contributed by atoms with van der Waals surface area (Å²) in [7, 11) is 3.16. The highest BCUT2D eigenvalue weighted by Crippen LogP contribution is 2.21. The van der Waals surface area contributed by atoms with Crippen molar-refractivity contribution in [1.29, 1.82) is 0 Å². The second kappa shape index (κ2) is 5.70. The molecule has 0 aliphatic rings. The van der Waals surface area contributed by atoms with Crippen molar-refractivity contribution >= 4 is 5.69 Å². The van der Waals surface area contributed by atoms with Crippen molar-refractivity contribution in [3.05, 3.63) is 24.0 Å². The Morgan fingerprint density at radius 2 is 1.88 bits per heavy atom. The van der Waals surface area contributed by atoms with Crippen LogP contribution in [0, 0.1) is 5.82 Å².